The lowest BCUT2D eigenvalue weighted by Crippen LogP contribution is -2.04. The van der Waals surface area contributed by atoms with Gasteiger partial charge in [0, 0.05) is 12.1 Å². The molecule has 0 aliphatic carbocycles. The van der Waals surface area contributed by atoms with Gasteiger partial charge in [-0.1, -0.05) is 18.2 Å². The lowest BCUT2D eigenvalue weighted by Gasteiger charge is -2.14. The second-order valence-electron chi connectivity index (χ2n) is 3.73. The molecule has 2 heterocycles. The van der Waals surface area contributed by atoms with Gasteiger partial charge in [-0.05, 0) is 12.1 Å². The summed E-state index contributed by atoms with van der Waals surface area (Å²) >= 11 is 0. The molecule has 1 aromatic carbocycles. The van der Waals surface area contributed by atoms with Crippen molar-refractivity contribution in [3.63, 3.8) is 0 Å². The van der Waals surface area contributed by atoms with Crippen LogP contribution in [0.4, 0.5) is 0 Å². The van der Waals surface area contributed by atoms with Gasteiger partial charge in [-0.3, -0.25) is 4.51 Å². The molecule has 0 amide bonds. The minimum atomic E-state index is -1.27. The van der Waals surface area contributed by atoms with E-state index in [1.165, 1.54) is 16.5 Å². The minimum absolute atomic E-state index is 0.0235. The Labute approximate surface area is 118 Å². The third-order valence-corrected chi connectivity index (χ3v) is 6.57. The fourth-order valence-electron chi connectivity index (χ4n) is 1.57. The number of aromatic amines is 1. The maximum absolute atomic E-state index is 9.83. The fraction of sp³-hybridized carbons (Fsp3) is 0. The summed E-state index contributed by atoms with van der Waals surface area (Å²) in [4.78, 5) is 5.77. The summed E-state index contributed by atoms with van der Waals surface area (Å²) in [5.74, 6) is 0.628. The van der Waals surface area contributed by atoms with Crippen molar-refractivity contribution in [2.75, 3.05) is 0 Å². The van der Waals surface area contributed by atoms with Gasteiger partial charge in [-0.2, -0.15) is 4.51 Å². The Hall–Kier alpha value is -1.80. The van der Waals surface area contributed by atoms with E-state index in [9.17, 15) is 10.2 Å². The summed E-state index contributed by atoms with van der Waals surface area (Å²) in [5.41, 5.74) is 0. The van der Waals surface area contributed by atoms with E-state index in [2.05, 4.69) is 9.02 Å². The molecular weight excluding hydrogens is 317 g/mol. The monoisotopic (exact) mass is 328 g/mol. The molecule has 0 bridgehead atoms. The van der Waals surface area contributed by atoms with Crippen molar-refractivity contribution in [3.8, 4) is 17.5 Å². The molecule has 20 heavy (non-hydrogen) atoms. The van der Waals surface area contributed by atoms with E-state index in [1.807, 2.05) is 30.3 Å². The van der Waals surface area contributed by atoms with Crippen molar-refractivity contribution < 1.29 is 15.1 Å². The molecule has 0 saturated heterocycles. The summed E-state index contributed by atoms with van der Waals surface area (Å²) in [5, 5.41) is 19.7. The second kappa shape index (κ2) is 5.68. The zero-order valence-corrected chi connectivity index (χ0v) is 12.9. The lowest BCUT2D eigenvalue weighted by molar-refractivity contribution is 0.272. The number of H-pyrrole nitrogens is 1. The van der Waals surface area contributed by atoms with Crippen LogP contribution in [0, 0.1) is 0 Å². The van der Waals surface area contributed by atoms with Gasteiger partial charge in [0.2, 0.25) is 11.8 Å². The molecule has 0 fully saturated rings. The van der Waals surface area contributed by atoms with Crippen molar-refractivity contribution in [2.24, 2.45) is 0 Å². The highest BCUT2D eigenvalue weighted by Crippen LogP contribution is 2.38. The molecule has 3 rings (SSSR count). The van der Waals surface area contributed by atoms with Gasteiger partial charge >= 0.3 is 0 Å². The fourth-order valence-corrected chi connectivity index (χ4v) is 6.01. The van der Waals surface area contributed by atoms with Crippen molar-refractivity contribution in [1.29, 1.82) is 0 Å². The van der Waals surface area contributed by atoms with Crippen molar-refractivity contribution >= 4 is 25.0 Å². The van der Waals surface area contributed by atoms with E-state index in [1.54, 1.807) is 4.26 Å². The Kier molecular flexibility index (Phi) is 3.75. The first-order valence-corrected chi connectivity index (χ1v) is 8.59. The number of para-hydroxylation sites is 1. The summed E-state index contributed by atoms with van der Waals surface area (Å²) in [6.07, 6.45) is 0. The molecule has 0 aliphatic heterocycles. The Balaban J connectivity index is 2.05. The highest BCUT2D eigenvalue weighted by molar-refractivity contribution is 7.53. The molecule has 0 radical (unpaired) electrons. The minimum Gasteiger partial charge on any atom is -0.494 e. The topological polar surface area (TPSA) is 88.2 Å². The van der Waals surface area contributed by atoms with E-state index in [0.29, 0.717) is 14.3 Å². The first-order valence-electron chi connectivity index (χ1n) is 5.60. The smallest absolute Gasteiger partial charge is 0.203 e. The molecule has 0 saturated carbocycles. The molecule has 7 nitrogen and oxygen atoms in total. The molecule has 10 heteroatoms. The summed E-state index contributed by atoms with van der Waals surface area (Å²) in [6.45, 7) is 0. The Morgan fingerprint density at radius 2 is 1.85 bits per heavy atom. The Morgan fingerprint density at radius 3 is 2.55 bits per heavy atom. The number of hydrogen-bond donors (Lipinski definition) is 3. The average molecular weight is 328 g/mol. The number of rotatable bonds is 3. The molecule has 2 unspecified atom stereocenters. The number of aromatic nitrogens is 4. The van der Waals surface area contributed by atoms with Gasteiger partial charge in [0.05, 0.1) is 8.51 Å². The molecule has 0 aliphatic rings. The van der Waals surface area contributed by atoms with Crippen LogP contribution < -0.4 is 4.84 Å². The summed E-state index contributed by atoms with van der Waals surface area (Å²) in [7, 11) is -0.501. The summed E-state index contributed by atoms with van der Waals surface area (Å²) in [6, 6.07) is 12.2. The van der Waals surface area contributed by atoms with Crippen LogP contribution in [-0.2, 0) is 0 Å². The van der Waals surface area contributed by atoms with Crippen molar-refractivity contribution in [3.05, 3.63) is 42.5 Å². The quantitative estimate of drug-likeness (QED) is 0.688. The molecule has 3 aromatic rings. The molecule has 2 atom stereocenters. The van der Waals surface area contributed by atoms with Crippen LogP contribution in [0.15, 0.2) is 42.5 Å². The van der Waals surface area contributed by atoms with Crippen molar-refractivity contribution in [2.45, 2.75) is 0 Å². The van der Waals surface area contributed by atoms with Gasteiger partial charge in [0.15, 0.2) is 13.8 Å². The van der Waals surface area contributed by atoms with E-state index >= 15 is 0 Å². The highest BCUT2D eigenvalue weighted by atomic mass is 31.2. The third kappa shape index (κ3) is 2.56. The van der Waals surface area contributed by atoms with E-state index in [4.69, 9.17) is 4.84 Å². The SMILES string of the molecule is Oc1ccc(O)n1-p1[nH]pn[pH]n1Oc1ccccc1. The zero-order chi connectivity index (χ0) is 13.9. The van der Waals surface area contributed by atoms with Gasteiger partial charge < -0.3 is 15.1 Å². The van der Waals surface area contributed by atoms with Crippen LogP contribution in [0.5, 0.6) is 17.5 Å². The first-order chi connectivity index (χ1) is 9.75. The van der Waals surface area contributed by atoms with E-state index in [-0.39, 0.29) is 20.3 Å². The molecule has 0 spiro atoms. The van der Waals surface area contributed by atoms with E-state index < -0.39 is 8.00 Å². The van der Waals surface area contributed by atoms with Crippen LogP contribution in [0.25, 0.3) is 0 Å². The largest absolute Gasteiger partial charge is 0.494 e. The average Bonchev–Trinajstić information content (AvgIpc) is 2.80. The number of nitrogens with one attached hydrogen (secondary N) is 1. The molecule has 3 N–H and O–H groups in total. The maximum Gasteiger partial charge on any atom is 0.203 e. The predicted molar refractivity (Wildman–Crippen MR) is 80.0 cm³/mol. The van der Waals surface area contributed by atoms with Crippen LogP contribution in [0.2, 0.25) is 0 Å². The molecular formula is C10H11N4O3P3. The maximum atomic E-state index is 9.83. The number of nitrogens with zero attached hydrogens (tertiary/aromatic N) is 3. The first kappa shape index (κ1) is 13.2. The van der Waals surface area contributed by atoms with Gasteiger partial charge in [0.1, 0.15) is 8.51 Å². The van der Waals surface area contributed by atoms with Crippen LogP contribution >= 0.6 is 25.0 Å². The normalized spacial score (nSPS) is 12.1. The molecule has 104 valence electrons. The van der Waals surface area contributed by atoms with Gasteiger partial charge in [0.25, 0.3) is 0 Å². The van der Waals surface area contributed by atoms with Gasteiger partial charge in [-0.25, -0.2) is 4.34 Å². The van der Waals surface area contributed by atoms with Crippen molar-refractivity contribution in [1.82, 2.24) is 17.6 Å². The lowest BCUT2D eigenvalue weighted by atomic mass is 10.3. The van der Waals surface area contributed by atoms with Crippen LogP contribution in [0.1, 0.15) is 0 Å². The van der Waals surface area contributed by atoms with Crippen LogP contribution in [-0.4, -0.2) is 27.8 Å². The third-order valence-electron chi connectivity index (χ3n) is 2.43. The Bertz CT molecular complexity index is 718. The van der Waals surface area contributed by atoms with Gasteiger partial charge in [-0.15, -0.1) is 4.26 Å². The van der Waals surface area contributed by atoms with E-state index in [0.717, 1.165) is 0 Å². The second-order valence-corrected chi connectivity index (χ2v) is 7.85. The highest BCUT2D eigenvalue weighted by Gasteiger charge is 2.12. The number of hydrogen-bond acceptors (Lipinski definition) is 4. The number of benzene rings is 1. The zero-order valence-electron chi connectivity index (χ0n) is 10.1. The summed E-state index contributed by atoms with van der Waals surface area (Å²) < 4.78 is 10.3. The number of aromatic hydroxyl groups is 2. The Morgan fingerprint density at radius 1 is 1.15 bits per heavy atom. The van der Waals surface area contributed by atoms with Crippen LogP contribution in [0.3, 0.4) is 0 Å². The predicted octanol–water partition coefficient (Wildman–Crippen LogP) is 3.30. The standard InChI is InChI=1S/C10H11N4O3P3/c15-9-6-7-10(16)13(9)20-12-18-11-19-14(20)17-8-4-2-1-3-5-8/h1-7,15-16,19H,(H,11,12). The molecule has 2 aromatic heterocycles.